The number of halogens is 1. The van der Waals surface area contributed by atoms with Crippen LogP contribution < -0.4 is 0 Å². The SMILES string of the molecule is Brc1cccc(C2=NC(c3ccccc3)c3c2ccc2ccccc32)c1. The molecule has 124 valence electrons. The summed E-state index contributed by atoms with van der Waals surface area (Å²) in [6, 6.07) is 32.0. The predicted molar refractivity (Wildman–Crippen MR) is 112 cm³/mol. The highest BCUT2D eigenvalue weighted by atomic mass is 79.9. The number of fused-ring (bicyclic) bond motifs is 3. The van der Waals surface area contributed by atoms with Gasteiger partial charge in [0.15, 0.2) is 0 Å². The molecule has 1 aliphatic heterocycles. The second-order valence-corrected chi connectivity index (χ2v) is 7.46. The van der Waals surface area contributed by atoms with Crippen LogP contribution in [0.3, 0.4) is 0 Å². The predicted octanol–water partition coefficient (Wildman–Crippen LogP) is 6.54. The van der Waals surface area contributed by atoms with Crippen LogP contribution in [0, 0.1) is 0 Å². The van der Waals surface area contributed by atoms with Crippen molar-refractivity contribution in [2.24, 2.45) is 4.99 Å². The number of rotatable bonds is 2. The lowest BCUT2D eigenvalue weighted by Gasteiger charge is -2.13. The highest BCUT2D eigenvalue weighted by Gasteiger charge is 2.28. The van der Waals surface area contributed by atoms with Crippen molar-refractivity contribution in [1.29, 1.82) is 0 Å². The van der Waals surface area contributed by atoms with E-state index in [1.807, 2.05) is 0 Å². The van der Waals surface area contributed by atoms with E-state index in [2.05, 4.69) is 107 Å². The van der Waals surface area contributed by atoms with Gasteiger partial charge in [0.2, 0.25) is 0 Å². The van der Waals surface area contributed by atoms with Crippen molar-refractivity contribution in [3.8, 4) is 0 Å². The summed E-state index contributed by atoms with van der Waals surface area (Å²) in [5.74, 6) is 0. The minimum Gasteiger partial charge on any atom is -0.271 e. The van der Waals surface area contributed by atoms with Crippen LogP contribution in [0.2, 0.25) is 0 Å². The van der Waals surface area contributed by atoms with Gasteiger partial charge in [-0.1, -0.05) is 94.8 Å². The van der Waals surface area contributed by atoms with Gasteiger partial charge >= 0.3 is 0 Å². The first-order chi connectivity index (χ1) is 12.8. The minimum absolute atomic E-state index is 0.0336. The van der Waals surface area contributed by atoms with Crippen molar-refractivity contribution < 1.29 is 0 Å². The second-order valence-electron chi connectivity index (χ2n) is 6.55. The zero-order chi connectivity index (χ0) is 17.5. The van der Waals surface area contributed by atoms with Crippen LogP contribution in [0.15, 0.2) is 100 Å². The molecular formula is C24H16BrN. The molecule has 0 fully saturated rings. The molecule has 1 aliphatic rings. The van der Waals surface area contributed by atoms with Gasteiger partial charge in [-0.25, -0.2) is 0 Å². The number of benzene rings is 4. The molecule has 4 aromatic rings. The lowest BCUT2D eigenvalue weighted by Crippen LogP contribution is -2.01. The summed E-state index contributed by atoms with van der Waals surface area (Å²) in [7, 11) is 0. The molecule has 4 aromatic carbocycles. The lowest BCUT2D eigenvalue weighted by molar-refractivity contribution is 0.906. The zero-order valence-corrected chi connectivity index (χ0v) is 15.6. The molecule has 0 saturated heterocycles. The first kappa shape index (κ1) is 15.5. The van der Waals surface area contributed by atoms with Crippen LogP contribution in [-0.2, 0) is 0 Å². The molecule has 26 heavy (non-hydrogen) atoms. The molecule has 1 atom stereocenters. The van der Waals surface area contributed by atoms with E-state index < -0.39 is 0 Å². The summed E-state index contributed by atoms with van der Waals surface area (Å²) in [6.07, 6.45) is 0. The van der Waals surface area contributed by atoms with Crippen LogP contribution in [-0.4, -0.2) is 5.71 Å². The van der Waals surface area contributed by atoms with E-state index in [1.54, 1.807) is 0 Å². The fourth-order valence-electron chi connectivity index (χ4n) is 3.80. The van der Waals surface area contributed by atoms with Crippen molar-refractivity contribution in [3.05, 3.63) is 118 Å². The third-order valence-electron chi connectivity index (χ3n) is 4.97. The van der Waals surface area contributed by atoms with Crippen LogP contribution in [0.5, 0.6) is 0 Å². The average molecular weight is 398 g/mol. The van der Waals surface area contributed by atoms with Gasteiger partial charge < -0.3 is 0 Å². The fraction of sp³-hybridized carbons (Fsp3) is 0.0417. The summed E-state index contributed by atoms with van der Waals surface area (Å²) >= 11 is 3.59. The van der Waals surface area contributed by atoms with Crippen LogP contribution in [0.4, 0.5) is 0 Å². The van der Waals surface area contributed by atoms with Crippen molar-refractivity contribution in [1.82, 2.24) is 0 Å². The van der Waals surface area contributed by atoms with Crippen molar-refractivity contribution in [3.63, 3.8) is 0 Å². The van der Waals surface area contributed by atoms with E-state index in [0.29, 0.717) is 0 Å². The van der Waals surface area contributed by atoms with E-state index >= 15 is 0 Å². The fourth-order valence-corrected chi connectivity index (χ4v) is 4.20. The van der Waals surface area contributed by atoms with Gasteiger partial charge in [-0.2, -0.15) is 0 Å². The van der Waals surface area contributed by atoms with Crippen molar-refractivity contribution in [2.45, 2.75) is 6.04 Å². The summed E-state index contributed by atoms with van der Waals surface area (Å²) < 4.78 is 1.07. The van der Waals surface area contributed by atoms with Crippen LogP contribution in [0.1, 0.15) is 28.3 Å². The van der Waals surface area contributed by atoms with Gasteiger partial charge in [-0.05, 0) is 34.0 Å². The quantitative estimate of drug-likeness (QED) is 0.363. The first-order valence-corrected chi connectivity index (χ1v) is 9.51. The normalized spacial score (nSPS) is 15.7. The van der Waals surface area contributed by atoms with Gasteiger partial charge in [0.25, 0.3) is 0 Å². The minimum atomic E-state index is 0.0336. The second kappa shape index (κ2) is 6.22. The van der Waals surface area contributed by atoms with E-state index in [1.165, 1.54) is 27.5 Å². The molecule has 0 N–H and O–H groups in total. The van der Waals surface area contributed by atoms with Gasteiger partial charge in [-0.3, -0.25) is 4.99 Å². The molecule has 1 heterocycles. The maximum absolute atomic E-state index is 5.18. The summed E-state index contributed by atoms with van der Waals surface area (Å²) in [5.41, 5.74) is 5.99. The Kier molecular flexibility index (Phi) is 3.72. The Bertz CT molecular complexity index is 1150. The third-order valence-corrected chi connectivity index (χ3v) is 5.46. The van der Waals surface area contributed by atoms with E-state index in [0.717, 1.165) is 15.7 Å². The molecular weight excluding hydrogens is 382 g/mol. The topological polar surface area (TPSA) is 12.4 Å². The summed E-state index contributed by atoms with van der Waals surface area (Å²) in [4.78, 5) is 5.18. The average Bonchev–Trinajstić information content (AvgIpc) is 3.09. The van der Waals surface area contributed by atoms with Gasteiger partial charge in [-0.15, -0.1) is 0 Å². The molecule has 5 rings (SSSR count). The molecule has 0 aromatic heterocycles. The van der Waals surface area contributed by atoms with Crippen molar-refractivity contribution in [2.75, 3.05) is 0 Å². The molecule has 0 radical (unpaired) electrons. The number of hydrogen-bond acceptors (Lipinski definition) is 1. The lowest BCUT2D eigenvalue weighted by atomic mass is 9.90. The Morgan fingerprint density at radius 1 is 0.731 bits per heavy atom. The molecule has 0 aliphatic carbocycles. The Hall–Kier alpha value is -2.71. The monoisotopic (exact) mass is 397 g/mol. The molecule has 2 heteroatoms. The standard InChI is InChI=1S/C24H16BrN/c25-19-11-6-10-18(15-19)23-21-14-13-16-7-4-5-12-20(16)22(21)24(26-23)17-8-2-1-3-9-17/h1-15,24H. The number of nitrogens with zero attached hydrogens (tertiary/aromatic N) is 1. The Morgan fingerprint density at radius 2 is 1.54 bits per heavy atom. The number of aliphatic imine (C=N–C) groups is 1. The molecule has 0 spiro atoms. The summed E-state index contributed by atoms with van der Waals surface area (Å²) in [6.45, 7) is 0. The Morgan fingerprint density at radius 3 is 2.38 bits per heavy atom. The van der Waals surface area contributed by atoms with Crippen LogP contribution >= 0.6 is 15.9 Å². The van der Waals surface area contributed by atoms with Gasteiger partial charge in [0.1, 0.15) is 6.04 Å². The molecule has 1 nitrogen and oxygen atoms in total. The molecule has 1 unspecified atom stereocenters. The highest BCUT2D eigenvalue weighted by Crippen LogP contribution is 2.41. The van der Waals surface area contributed by atoms with E-state index in [4.69, 9.17) is 4.99 Å². The highest BCUT2D eigenvalue weighted by molar-refractivity contribution is 9.10. The third kappa shape index (κ3) is 2.49. The van der Waals surface area contributed by atoms with Gasteiger partial charge in [0.05, 0.1) is 5.71 Å². The maximum Gasteiger partial charge on any atom is 0.102 e. The van der Waals surface area contributed by atoms with Crippen molar-refractivity contribution >= 4 is 32.4 Å². The largest absolute Gasteiger partial charge is 0.271 e. The Balaban J connectivity index is 1.80. The first-order valence-electron chi connectivity index (χ1n) is 8.72. The Labute approximate surface area is 161 Å². The molecule has 0 saturated carbocycles. The van der Waals surface area contributed by atoms with Gasteiger partial charge in [0, 0.05) is 15.6 Å². The summed E-state index contributed by atoms with van der Waals surface area (Å²) in [5, 5.41) is 2.55. The molecule has 0 bridgehead atoms. The smallest absolute Gasteiger partial charge is 0.102 e. The zero-order valence-electron chi connectivity index (χ0n) is 14.1. The number of hydrogen-bond donors (Lipinski definition) is 0. The molecule has 0 amide bonds. The van der Waals surface area contributed by atoms with E-state index in [-0.39, 0.29) is 6.04 Å². The maximum atomic E-state index is 5.18. The van der Waals surface area contributed by atoms with E-state index in [9.17, 15) is 0 Å². The van der Waals surface area contributed by atoms with Crippen LogP contribution in [0.25, 0.3) is 10.8 Å².